The Morgan fingerprint density at radius 3 is 2.83 bits per heavy atom. The van der Waals surface area contributed by atoms with Crippen LogP contribution in [0.2, 0.25) is 0 Å². The maximum absolute atomic E-state index is 11.8. The Bertz CT molecular complexity index is 1060. The van der Waals surface area contributed by atoms with Crippen LogP contribution in [0.4, 0.5) is 0 Å². The molecule has 3 aliphatic carbocycles. The fraction of sp³-hybridized carbons (Fsp3) is 0.519. The first-order chi connectivity index (χ1) is 15.6. The molecule has 3 aliphatic rings. The first-order valence-corrected chi connectivity index (χ1v) is 11.1. The average Bonchev–Trinajstić information content (AvgIpc) is 2.94. The van der Waals surface area contributed by atoms with Crippen molar-refractivity contribution in [2.24, 2.45) is 17.3 Å². The van der Waals surface area contributed by atoms with Crippen molar-refractivity contribution in [3.05, 3.63) is 65.2 Å². The van der Waals surface area contributed by atoms with Gasteiger partial charge in [-0.3, -0.25) is 4.79 Å². The molecule has 0 radical (unpaired) electrons. The highest BCUT2D eigenvalue weighted by molar-refractivity contribution is 5.66. The van der Waals surface area contributed by atoms with Crippen LogP contribution in [0.1, 0.15) is 72.6 Å². The predicted molar refractivity (Wildman–Crippen MR) is 117 cm³/mol. The molecular weight excluding hydrogens is 372 g/mol. The summed E-state index contributed by atoms with van der Waals surface area (Å²) < 4.78 is 37.8. The summed E-state index contributed by atoms with van der Waals surface area (Å²) in [7, 11) is 0. The van der Waals surface area contributed by atoms with Crippen molar-refractivity contribution in [3.8, 4) is 5.75 Å². The summed E-state index contributed by atoms with van der Waals surface area (Å²) in [4.78, 5) is 11.8. The second kappa shape index (κ2) is 7.76. The van der Waals surface area contributed by atoms with Crippen LogP contribution in [0.3, 0.4) is 0 Å². The fourth-order valence-corrected chi connectivity index (χ4v) is 6.07. The SMILES string of the molecule is [2H]C1([2H])C[C@H]2[C@@H]3CCc4cc(OCc5ccccc5)ccc4[C@H]3CC[C@]2(C)[C@@]1([2H])OC(C)=O. The first kappa shape index (κ1) is 16.4. The van der Waals surface area contributed by atoms with Gasteiger partial charge in [0.15, 0.2) is 0 Å². The van der Waals surface area contributed by atoms with Crippen LogP contribution in [0.15, 0.2) is 48.5 Å². The number of benzene rings is 2. The van der Waals surface area contributed by atoms with Crippen molar-refractivity contribution >= 4 is 5.97 Å². The molecule has 0 N–H and O–H groups in total. The zero-order chi connectivity index (χ0) is 23.4. The first-order valence-electron chi connectivity index (χ1n) is 12.6. The number of ether oxygens (including phenoxy) is 2. The van der Waals surface area contributed by atoms with Crippen molar-refractivity contribution < 1.29 is 18.4 Å². The maximum Gasteiger partial charge on any atom is 0.302 e. The highest BCUT2D eigenvalue weighted by Gasteiger charge is 2.56. The second-order valence-electron chi connectivity index (χ2n) is 9.31. The normalized spacial score (nSPS) is 37.5. The average molecular weight is 408 g/mol. The quantitative estimate of drug-likeness (QED) is 0.579. The van der Waals surface area contributed by atoms with Crippen LogP contribution in [0.25, 0.3) is 0 Å². The van der Waals surface area contributed by atoms with Gasteiger partial charge in [-0.2, -0.15) is 0 Å². The lowest BCUT2D eigenvalue weighted by Gasteiger charge is -2.50. The van der Waals surface area contributed by atoms with Gasteiger partial charge in [0.25, 0.3) is 0 Å². The lowest BCUT2D eigenvalue weighted by atomic mass is 9.55. The molecule has 0 amide bonds. The monoisotopic (exact) mass is 407 g/mol. The molecule has 2 aromatic carbocycles. The number of hydrogen-bond acceptors (Lipinski definition) is 3. The molecule has 0 aromatic heterocycles. The van der Waals surface area contributed by atoms with Crippen molar-refractivity contribution in [1.82, 2.24) is 0 Å². The predicted octanol–water partition coefficient (Wildman–Crippen LogP) is 6.05. The Kier molecular flexibility index (Phi) is 4.24. The summed E-state index contributed by atoms with van der Waals surface area (Å²) in [5, 5.41) is 0. The molecule has 2 aromatic rings. The fourth-order valence-electron chi connectivity index (χ4n) is 6.07. The van der Waals surface area contributed by atoms with Crippen LogP contribution in [0, 0.1) is 17.3 Å². The lowest BCUT2D eigenvalue weighted by molar-refractivity contribution is -0.154. The van der Waals surface area contributed by atoms with E-state index in [0.717, 1.165) is 30.6 Å². The van der Waals surface area contributed by atoms with E-state index in [9.17, 15) is 4.79 Å². The highest BCUT2D eigenvalue weighted by Crippen LogP contribution is 2.61. The molecule has 158 valence electrons. The van der Waals surface area contributed by atoms with E-state index in [4.69, 9.17) is 13.6 Å². The number of carbonyl (C=O) groups excluding carboxylic acids is 1. The Morgan fingerprint density at radius 1 is 1.20 bits per heavy atom. The van der Waals surface area contributed by atoms with Gasteiger partial charge in [0, 0.05) is 15.1 Å². The van der Waals surface area contributed by atoms with Crippen LogP contribution in [-0.2, 0) is 22.6 Å². The molecule has 3 heteroatoms. The smallest absolute Gasteiger partial charge is 0.302 e. The maximum atomic E-state index is 11.8. The molecule has 0 aliphatic heterocycles. The van der Waals surface area contributed by atoms with Crippen molar-refractivity contribution in [2.75, 3.05) is 0 Å². The topological polar surface area (TPSA) is 35.5 Å². The second-order valence-corrected chi connectivity index (χ2v) is 9.31. The standard InChI is InChI=1S/C27H32O3/c1-18(28)30-26-13-12-25-24-10-8-20-16-21(29-17-19-6-4-3-5-7-19)9-11-22(20)23(24)14-15-27(25,26)2/h3-7,9,11,16,23-26H,8,10,12-15,17H2,1-2H3/t23-,24-,25+,26+,27+/m1/s1/i13D2,26D. The summed E-state index contributed by atoms with van der Waals surface area (Å²) in [5.41, 5.74) is 3.13. The van der Waals surface area contributed by atoms with Crippen molar-refractivity contribution in [3.63, 3.8) is 0 Å². The van der Waals surface area contributed by atoms with Crippen molar-refractivity contribution in [2.45, 2.75) is 70.9 Å². The molecule has 0 saturated heterocycles. The molecule has 0 bridgehead atoms. The largest absolute Gasteiger partial charge is 0.489 e. The zero-order valence-corrected chi connectivity index (χ0v) is 17.8. The van der Waals surface area contributed by atoms with Gasteiger partial charge < -0.3 is 9.47 Å². The third-order valence-corrected chi connectivity index (χ3v) is 7.58. The summed E-state index contributed by atoms with van der Waals surface area (Å²) >= 11 is 0. The molecule has 2 fully saturated rings. The number of aryl methyl sites for hydroxylation is 1. The van der Waals surface area contributed by atoms with E-state index in [1.54, 1.807) is 0 Å². The van der Waals surface area contributed by atoms with Crippen LogP contribution >= 0.6 is 0 Å². The van der Waals surface area contributed by atoms with E-state index in [-0.39, 0.29) is 12.3 Å². The Labute approximate surface area is 184 Å². The van der Waals surface area contributed by atoms with E-state index in [1.165, 1.54) is 18.1 Å². The Hall–Kier alpha value is -2.29. The van der Waals surface area contributed by atoms with E-state index >= 15 is 0 Å². The van der Waals surface area contributed by atoms with Crippen molar-refractivity contribution in [1.29, 1.82) is 0 Å². The van der Waals surface area contributed by atoms with Crippen LogP contribution in [0.5, 0.6) is 5.75 Å². The third-order valence-electron chi connectivity index (χ3n) is 7.58. The Balaban J connectivity index is 1.38. The summed E-state index contributed by atoms with van der Waals surface area (Å²) in [5.74, 6) is 0.977. The number of rotatable bonds is 4. The molecule has 2 saturated carbocycles. The van der Waals surface area contributed by atoms with Gasteiger partial charge in [0.2, 0.25) is 0 Å². The van der Waals surface area contributed by atoms with E-state index in [2.05, 4.69) is 30.3 Å². The van der Waals surface area contributed by atoms with E-state index in [0.29, 0.717) is 24.9 Å². The molecule has 0 heterocycles. The number of hydrogen-bond donors (Lipinski definition) is 0. The number of fused-ring (bicyclic) bond motifs is 5. The molecule has 5 atom stereocenters. The van der Waals surface area contributed by atoms with Gasteiger partial charge in [0.1, 0.15) is 18.4 Å². The van der Waals surface area contributed by atoms with Crippen LogP contribution in [-0.4, -0.2) is 12.0 Å². The Morgan fingerprint density at radius 2 is 2.03 bits per heavy atom. The zero-order valence-electron chi connectivity index (χ0n) is 20.8. The van der Waals surface area contributed by atoms with Gasteiger partial charge in [-0.05, 0) is 85.1 Å². The molecule has 0 unspecified atom stereocenters. The third kappa shape index (κ3) is 3.42. The number of carbonyl (C=O) groups is 1. The molecule has 30 heavy (non-hydrogen) atoms. The minimum atomic E-state index is -1.86. The summed E-state index contributed by atoms with van der Waals surface area (Å²) in [6.07, 6.45) is 0.0292. The number of esters is 1. The van der Waals surface area contributed by atoms with E-state index in [1.807, 2.05) is 25.1 Å². The summed E-state index contributed by atoms with van der Waals surface area (Å²) in [6.45, 7) is 3.80. The molecule has 5 rings (SSSR count). The molecular formula is C27H32O3. The highest BCUT2D eigenvalue weighted by atomic mass is 16.5. The molecule has 0 spiro atoms. The van der Waals surface area contributed by atoms with E-state index < -0.39 is 23.8 Å². The van der Waals surface area contributed by atoms with Gasteiger partial charge in [-0.15, -0.1) is 0 Å². The lowest BCUT2D eigenvalue weighted by Crippen LogP contribution is -2.45. The van der Waals surface area contributed by atoms with Gasteiger partial charge in [-0.1, -0.05) is 43.3 Å². The van der Waals surface area contributed by atoms with Gasteiger partial charge in [-0.25, -0.2) is 0 Å². The van der Waals surface area contributed by atoms with Gasteiger partial charge >= 0.3 is 5.97 Å². The minimum absolute atomic E-state index is 0.0188. The molecule has 3 nitrogen and oxygen atoms in total. The van der Waals surface area contributed by atoms with Crippen LogP contribution < -0.4 is 4.74 Å². The summed E-state index contributed by atoms with van der Waals surface area (Å²) in [6, 6.07) is 16.6. The van der Waals surface area contributed by atoms with Gasteiger partial charge in [0.05, 0.1) is 1.37 Å². The minimum Gasteiger partial charge on any atom is -0.489 e.